The predicted molar refractivity (Wildman–Crippen MR) is 101 cm³/mol. The van der Waals surface area contributed by atoms with E-state index in [0.717, 1.165) is 12.8 Å². The number of nitrogens with one attached hydrogen (secondary N) is 2. The monoisotopic (exact) mass is 410 g/mol. The van der Waals surface area contributed by atoms with Gasteiger partial charge in [-0.2, -0.15) is 0 Å². The third-order valence-corrected chi connectivity index (χ3v) is 4.32. The van der Waals surface area contributed by atoms with Crippen molar-refractivity contribution in [1.82, 2.24) is 15.5 Å². The van der Waals surface area contributed by atoms with Crippen LogP contribution in [0.25, 0.3) is 0 Å². The number of rotatable bonds is 9. The lowest BCUT2D eigenvalue weighted by Gasteiger charge is -2.19. The predicted octanol–water partition coefficient (Wildman–Crippen LogP) is 0.720. The van der Waals surface area contributed by atoms with Gasteiger partial charge < -0.3 is 26.0 Å². The molecule has 4 N–H and O–H groups in total. The SMILES string of the molecule is CN(CC(=O)NC1CC1)C(=O)COC(=O)C[C@H](NC(N)=O)c1ccc(Cl)cc1. The van der Waals surface area contributed by atoms with Crippen LogP contribution in [0, 0.1) is 0 Å². The summed E-state index contributed by atoms with van der Waals surface area (Å²) in [5, 5.41) is 5.73. The fourth-order valence-corrected chi connectivity index (χ4v) is 2.53. The first-order valence-corrected chi connectivity index (χ1v) is 9.12. The first kappa shape index (κ1) is 21.5. The topological polar surface area (TPSA) is 131 Å². The number of primary amides is 1. The molecule has 0 spiro atoms. The Balaban J connectivity index is 1.82. The van der Waals surface area contributed by atoms with Crippen molar-refractivity contribution in [3.63, 3.8) is 0 Å². The number of nitrogens with two attached hydrogens (primary N) is 1. The van der Waals surface area contributed by atoms with Gasteiger partial charge in [-0.3, -0.25) is 14.4 Å². The van der Waals surface area contributed by atoms with Gasteiger partial charge in [-0.1, -0.05) is 23.7 Å². The number of hydrogen-bond acceptors (Lipinski definition) is 5. The number of carbonyl (C=O) groups excluding carboxylic acids is 4. The van der Waals surface area contributed by atoms with Crippen LogP contribution in [0.4, 0.5) is 4.79 Å². The third-order valence-electron chi connectivity index (χ3n) is 4.07. The molecular formula is C18H23ClN4O5. The van der Waals surface area contributed by atoms with Crippen molar-refractivity contribution in [2.24, 2.45) is 5.73 Å². The Labute approximate surface area is 167 Å². The summed E-state index contributed by atoms with van der Waals surface area (Å²) >= 11 is 5.83. The molecule has 152 valence electrons. The maximum Gasteiger partial charge on any atom is 0.312 e. The fraction of sp³-hybridized carbons (Fsp3) is 0.444. The highest BCUT2D eigenvalue weighted by molar-refractivity contribution is 6.30. The highest BCUT2D eigenvalue weighted by Crippen LogP contribution is 2.20. The number of amides is 4. The minimum atomic E-state index is -0.801. The van der Waals surface area contributed by atoms with Crippen molar-refractivity contribution >= 4 is 35.4 Å². The lowest BCUT2D eigenvalue weighted by molar-refractivity contribution is -0.152. The fourth-order valence-electron chi connectivity index (χ4n) is 2.40. The van der Waals surface area contributed by atoms with Crippen molar-refractivity contribution in [1.29, 1.82) is 0 Å². The van der Waals surface area contributed by atoms with Gasteiger partial charge in [0, 0.05) is 18.1 Å². The normalized spacial score (nSPS) is 13.9. The van der Waals surface area contributed by atoms with Crippen LogP contribution in [0.3, 0.4) is 0 Å². The minimum absolute atomic E-state index is 0.108. The molecule has 1 fully saturated rings. The van der Waals surface area contributed by atoms with Crippen LogP contribution < -0.4 is 16.4 Å². The van der Waals surface area contributed by atoms with Crippen LogP contribution in [0.15, 0.2) is 24.3 Å². The molecule has 0 aliphatic heterocycles. The molecule has 1 aliphatic carbocycles. The number of nitrogens with zero attached hydrogens (tertiary/aromatic N) is 1. The zero-order valence-electron chi connectivity index (χ0n) is 15.4. The van der Waals surface area contributed by atoms with Crippen LogP contribution in [-0.4, -0.2) is 55.0 Å². The van der Waals surface area contributed by atoms with E-state index in [9.17, 15) is 19.2 Å². The third kappa shape index (κ3) is 7.43. The maximum absolute atomic E-state index is 12.1. The van der Waals surface area contributed by atoms with Gasteiger partial charge in [0.25, 0.3) is 5.91 Å². The van der Waals surface area contributed by atoms with Gasteiger partial charge in [-0.05, 0) is 30.5 Å². The molecule has 1 saturated carbocycles. The van der Waals surface area contributed by atoms with Crippen LogP contribution in [0.5, 0.6) is 0 Å². The first-order chi connectivity index (χ1) is 13.2. The molecule has 1 atom stereocenters. The molecular weight excluding hydrogens is 388 g/mol. The van der Waals surface area contributed by atoms with E-state index in [2.05, 4.69) is 10.6 Å². The van der Waals surface area contributed by atoms with E-state index >= 15 is 0 Å². The number of carbonyl (C=O) groups is 4. The maximum atomic E-state index is 12.1. The summed E-state index contributed by atoms with van der Waals surface area (Å²) in [6, 6.07) is 5.20. The summed E-state index contributed by atoms with van der Waals surface area (Å²) in [5.74, 6) is -1.46. The summed E-state index contributed by atoms with van der Waals surface area (Å²) in [6.45, 7) is -0.612. The molecule has 0 bridgehead atoms. The Bertz CT molecular complexity index is 736. The van der Waals surface area contributed by atoms with E-state index in [4.69, 9.17) is 22.1 Å². The minimum Gasteiger partial charge on any atom is -0.455 e. The number of urea groups is 1. The number of esters is 1. The second-order valence-corrected chi connectivity index (χ2v) is 7.01. The van der Waals surface area contributed by atoms with Gasteiger partial charge in [0.1, 0.15) is 0 Å². The molecule has 2 rings (SSSR count). The summed E-state index contributed by atoms with van der Waals surface area (Å²) in [4.78, 5) is 48.2. The van der Waals surface area contributed by atoms with Crippen molar-refractivity contribution in [2.45, 2.75) is 31.3 Å². The largest absolute Gasteiger partial charge is 0.455 e. The van der Waals surface area contributed by atoms with E-state index in [1.807, 2.05) is 0 Å². The first-order valence-electron chi connectivity index (χ1n) is 8.75. The van der Waals surface area contributed by atoms with Crippen LogP contribution in [0.1, 0.15) is 30.9 Å². The summed E-state index contributed by atoms with van der Waals surface area (Å²) in [6.07, 6.45) is 1.69. The quantitative estimate of drug-likeness (QED) is 0.516. The molecule has 0 aromatic heterocycles. The Hall–Kier alpha value is -2.81. The highest BCUT2D eigenvalue weighted by Gasteiger charge is 2.25. The van der Waals surface area contributed by atoms with E-state index in [-0.39, 0.29) is 24.9 Å². The van der Waals surface area contributed by atoms with Crippen molar-refractivity contribution in [2.75, 3.05) is 20.2 Å². The Morgan fingerprint density at radius 2 is 1.89 bits per heavy atom. The smallest absolute Gasteiger partial charge is 0.312 e. The Morgan fingerprint density at radius 3 is 2.46 bits per heavy atom. The molecule has 28 heavy (non-hydrogen) atoms. The molecule has 9 nitrogen and oxygen atoms in total. The average Bonchev–Trinajstić information content (AvgIpc) is 3.43. The lowest BCUT2D eigenvalue weighted by atomic mass is 10.0. The molecule has 1 aromatic carbocycles. The Kier molecular flexibility index (Phi) is 7.62. The number of ether oxygens (including phenoxy) is 1. The second kappa shape index (κ2) is 9.93. The van der Waals surface area contributed by atoms with Gasteiger partial charge in [0.05, 0.1) is 19.0 Å². The number of hydrogen-bond donors (Lipinski definition) is 3. The number of halogens is 1. The number of likely N-dealkylation sites (N-methyl/N-ethyl adjacent to an activating group) is 1. The van der Waals surface area contributed by atoms with Gasteiger partial charge >= 0.3 is 12.0 Å². The van der Waals surface area contributed by atoms with E-state index in [1.54, 1.807) is 24.3 Å². The molecule has 0 heterocycles. The lowest BCUT2D eigenvalue weighted by Crippen LogP contribution is -2.41. The molecule has 10 heteroatoms. The molecule has 0 saturated heterocycles. The van der Waals surface area contributed by atoms with Gasteiger partial charge in [0.2, 0.25) is 5.91 Å². The van der Waals surface area contributed by atoms with E-state index in [0.29, 0.717) is 10.6 Å². The Morgan fingerprint density at radius 1 is 1.25 bits per heavy atom. The molecule has 0 radical (unpaired) electrons. The average molecular weight is 411 g/mol. The van der Waals surface area contributed by atoms with Gasteiger partial charge in [0.15, 0.2) is 6.61 Å². The molecule has 0 unspecified atom stereocenters. The zero-order valence-corrected chi connectivity index (χ0v) is 16.2. The van der Waals surface area contributed by atoms with Crippen LogP contribution in [0.2, 0.25) is 5.02 Å². The van der Waals surface area contributed by atoms with Crippen molar-refractivity contribution in [3.05, 3.63) is 34.9 Å². The van der Waals surface area contributed by atoms with Crippen LogP contribution in [-0.2, 0) is 19.1 Å². The van der Waals surface area contributed by atoms with Gasteiger partial charge in [-0.25, -0.2) is 4.79 Å². The summed E-state index contributed by atoms with van der Waals surface area (Å²) in [5.41, 5.74) is 5.77. The van der Waals surface area contributed by atoms with Crippen molar-refractivity contribution in [3.8, 4) is 0 Å². The van der Waals surface area contributed by atoms with Crippen LogP contribution >= 0.6 is 11.6 Å². The molecule has 4 amide bonds. The second-order valence-electron chi connectivity index (χ2n) is 6.57. The van der Waals surface area contributed by atoms with E-state index < -0.39 is 30.6 Å². The molecule has 1 aromatic rings. The van der Waals surface area contributed by atoms with Gasteiger partial charge in [-0.15, -0.1) is 0 Å². The number of benzene rings is 1. The van der Waals surface area contributed by atoms with Crippen molar-refractivity contribution < 1.29 is 23.9 Å². The molecule has 1 aliphatic rings. The van der Waals surface area contributed by atoms with E-state index in [1.165, 1.54) is 11.9 Å². The highest BCUT2D eigenvalue weighted by atomic mass is 35.5. The standard InChI is InChI=1S/C18H23ClN4O5/c1-23(9-15(24)21-13-6-7-13)16(25)10-28-17(26)8-14(22-18(20)27)11-2-4-12(19)5-3-11/h2-5,13-14H,6-10H2,1H3,(H,21,24)(H3,20,22,27)/t14-/m0/s1. The summed E-state index contributed by atoms with van der Waals surface area (Å²) < 4.78 is 4.98. The summed E-state index contributed by atoms with van der Waals surface area (Å²) in [7, 11) is 1.45. The zero-order chi connectivity index (χ0) is 20.7.